The van der Waals surface area contributed by atoms with E-state index in [0.717, 1.165) is 16.2 Å². The lowest BCUT2D eigenvalue weighted by Crippen LogP contribution is -1.77. The molecule has 0 fully saturated rings. The van der Waals surface area contributed by atoms with Crippen LogP contribution < -0.4 is 0 Å². The van der Waals surface area contributed by atoms with Crippen LogP contribution in [0.15, 0.2) is 18.3 Å². The molecule has 0 aliphatic carbocycles. The summed E-state index contributed by atoms with van der Waals surface area (Å²) in [5, 5.41) is 8.44. The summed E-state index contributed by atoms with van der Waals surface area (Å²) in [4.78, 5) is 5.67. The predicted molar refractivity (Wildman–Crippen MR) is 55.1 cm³/mol. The van der Waals surface area contributed by atoms with Gasteiger partial charge < -0.3 is 0 Å². The number of nitriles is 1. The van der Waals surface area contributed by atoms with Gasteiger partial charge in [-0.25, -0.2) is 13.8 Å². The van der Waals surface area contributed by atoms with Gasteiger partial charge in [-0.15, -0.1) is 22.7 Å². The van der Waals surface area contributed by atoms with Crippen molar-refractivity contribution in [2.75, 3.05) is 0 Å². The third-order valence-electron chi connectivity index (χ3n) is 1.67. The lowest BCUT2D eigenvalue weighted by molar-refractivity contribution is 0.151. The first-order valence-electron chi connectivity index (χ1n) is 3.95. The fourth-order valence-electron chi connectivity index (χ4n) is 1.03. The maximum absolute atomic E-state index is 12.3. The standard InChI is InChI=1S/C9H4F2N2S2/c10-8(11)9-13-4-7(15-9)6-2-1-5(3-12)14-6/h1-2,4,8H. The quantitative estimate of drug-likeness (QED) is 0.805. The van der Waals surface area contributed by atoms with Gasteiger partial charge in [-0.05, 0) is 12.1 Å². The Hall–Kier alpha value is -1.32. The molecule has 0 saturated heterocycles. The highest BCUT2D eigenvalue weighted by molar-refractivity contribution is 7.22. The molecular weight excluding hydrogens is 238 g/mol. The molecule has 0 bridgehead atoms. The predicted octanol–water partition coefficient (Wildman–Crippen LogP) is 3.68. The Labute approximate surface area is 92.4 Å². The van der Waals surface area contributed by atoms with Crippen LogP contribution in [0.5, 0.6) is 0 Å². The molecule has 0 atom stereocenters. The van der Waals surface area contributed by atoms with E-state index in [9.17, 15) is 8.78 Å². The Bertz CT molecular complexity index is 510. The zero-order chi connectivity index (χ0) is 10.8. The van der Waals surface area contributed by atoms with Crippen LogP contribution in [-0.4, -0.2) is 4.98 Å². The van der Waals surface area contributed by atoms with Crippen molar-refractivity contribution < 1.29 is 8.78 Å². The molecule has 2 heterocycles. The number of rotatable bonds is 2. The van der Waals surface area contributed by atoms with Gasteiger partial charge >= 0.3 is 0 Å². The van der Waals surface area contributed by atoms with Crippen molar-refractivity contribution in [2.24, 2.45) is 0 Å². The first-order valence-corrected chi connectivity index (χ1v) is 5.58. The topological polar surface area (TPSA) is 36.7 Å². The SMILES string of the molecule is N#Cc1ccc(-c2cnc(C(F)F)s2)s1. The molecule has 0 amide bonds. The molecule has 0 aromatic carbocycles. The van der Waals surface area contributed by atoms with E-state index < -0.39 is 6.43 Å². The molecular formula is C9H4F2N2S2. The number of hydrogen-bond acceptors (Lipinski definition) is 4. The summed E-state index contributed by atoms with van der Waals surface area (Å²) in [6.45, 7) is 0. The Morgan fingerprint density at radius 2 is 2.07 bits per heavy atom. The number of alkyl halides is 2. The van der Waals surface area contributed by atoms with Crippen molar-refractivity contribution in [3.05, 3.63) is 28.2 Å². The molecule has 15 heavy (non-hydrogen) atoms. The molecule has 0 aliphatic rings. The number of thiophene rings is 1. The molecule has 6 heteroatoms. The Balaban J connectivity index is 2.34. The van der Waals surface area contributed by atoms with Gasteiger partial charge in [-0.2, -0.15) is 5.26 Å². The average molecular weight is 242 g/mol. The lowest BCUT2D eigenvalue weighted by atomic mass is 10.4. The molecule has 2 aromatic rings. The Morgan fingerprint density at radius 3 is 2.60 bits per heavy atom. The minimum atomic E-state index is -2.53. The summed E-state index contributed by atoms with van der Waals surface area (Å²) >= 11 is 2.23. The number of halogens is 2. The summed E-state index contributed by atoms with van der Waals surface area (Å²) in [5.74, 6) is 0. The van der Waals surface area contributed by atoms with E-state index in [-0.39, 0.29) is 5.01 Å². The lowest BCUT2D eigenvalue weighted by Gasteiger charge is -1.88. The molecule has 2 nitrogen and oxygen atoms in total. The normalized spacial score (nSPS) is 10.5. The highest BCUT2D eigenvalue weighted by Gasteiger charge is 2.14. The van der Waals surface area contributed by atoms with E-state index in [4.69, 9.17) is 5.26 Å². The second-order valence-corrected chi connectivity index (χ2v) is 4.79. The fraction of sp³-hybridized carbons (Fsp3) is 0.111. The number of thiazole rings is 1. The van der Waals surface area contributed by atoms with Gasteiger partial charge in [0.2, 0.25) is 0 Å². The first-order chi connectivity index (χ1) is 7.20. The van der Waals surface area contributed by atoms with Gasteiger partial charge in [0.15, 0.2) is 5.01 Å². The molecule has 2 aromatic heterocycles. The Kier molecular flexibility index (Phi) is 2.75. The van der Waals surface area contributed by atoms with Crippen LogP contribution in [0.25, 0.3) is 9.75 Å². The highest BCUT2D eigenvalue weighted by atomic mass is 32.1. The van der Waals surface area contributed by atoms with E-state index in [2.05, 4.69) is 4.98 Å². The summed E-state index contributed by atoms with van der Waals surface area (Å²) < 4.78 is 24.5. The number of aromatic nitrogens is 1. The zero-order valence-electron chi connectivity index (χ0n) is 7.28. The van der Waals surface area contributed by atoms with Gasteiger partial charge in [0.25, 0.3) is 6.43 Å². The monoisotopic (exact) mass is 242 g/mol. The van der Waals surface area contributed by atoms with E-state index in [1.807, 2.05) is 6.07 Å². The summed E-state index contributed by atoms with van der Waals surface area (Å²) in [6, 6.07) is 5.41. The minimum Gasteiger partial charge on any atom is -0.243 e. The number of hydrogen-bond donors (Lipinski definition) is 0. The van der Waals surface area contributed by atoms with Gasteiger partial charge in [-0.1, -0.05) is 0 Å². The van der Waals surface area contributed by atoms with Crippen molar-refractivity contribution in [1.82, 2.24) is 4.98 Å². The molecule has 0 spiro atoms. The van der Waals surface area contributed by atoms with Gasteiger partial charge in [-0.3, -0.25) is 0 Å². The van der Waals surface area contributed by atoms with Crippen molar-refractivity contribution in [1.29, 1.82) is 5.26 Å². The van der Waals surface area contributed by atoms with Crippen LogP contribution in [0.2, 0.25) is 0 Å². The van der Waals surface area contributed by atoms with Gasteiger partial charge in [0.05, 0.1) is 4.88 Å². The second-order valence-electron chi connectivity index (χ2n) is 2.64. The maximum atomic E-state index is 12.3. The van der Waals surface area contributed by atoms with Crippen LogP contribution >= 0.6 is 22.7 Å². The Morgan fingerprint density at radius 1 is 1.27 bits per heavy atom. The van der Waals surface area contributed by atoms with Crippen LogP contribution in [-0.2, 0) is 0 Å². The van der Waals surface area contributed by atoms with Gasteiger partial charge in [0.1, 0.15) is 10.9 Å². The van der Waals surface area contributed by atoms with E-state index in [1.165, 1.54) is 17.5 Å². The molecule has 76 valence electrons. The first kappa shape index (κ1) is 10.2. The maximum Gasteiger partial charge on any atom is 0.289 e. The van der Waals surface area contributed by atoms with Crippen LogP contribution in [0.4, 0.5) is 8.78 Å². The third-order valence-corrected chi connectivity index (χ3v) is 3.86. The number of nitrogens with zero attached hydrogens (tertiary/aromatic N) is 2. The summed E-state index contributed by atoms with van der Waals surface area (Å²) in [7, 11) is 0. The van der Waals surface area contributed by atoms with Crippen molar-refractivity contribution >= 4 is 22.7 Å². The molecule has 0 saturated carbocycles. The minimum absolute atomic E-state index is 0.183. The molecule has 0 N–H and O–H groups in total. The zero-order valence-corrected chi connectivity index (χ0v) is 8.91. The average Bonchev–Trinajstić information content (AvgIpc) is 2.86. The van der Waals surface area contributed by atoms with Gasteiger partial charge in [0, 0.05) is 11.1 Å². The largest absolute Gasteiger partial charge is 0.289 e. The second kappa shape index (κ2) is 4.04. The van der Waals surface area contributed by atoms with Crippen molar-refractivity contribution in [2.45, 2.75) is 6.43 Å². The van der Waals surface area contributed by atoms with E-state index in [0.29, 0.717) is 9.75 Å². The molecule has 0 aliphatic heterocycles. The third kappa shape index (κ3) is 2.03. The fourth-order valence-corrected chi connectivity index (χ4v) is 2.68. The van der Waals surface area contributed by atoms with Crippen molar-refractivity contribution in [3.63, 3.8) is 0 Å². The van der Waals surface area contributed by atoms with E-state index in [1.54, 1.807) is 12.1 Å². The van der Waals surface area contributed by atoms with E-state index >= 15 is 0 Å². The summed E-state index contributed by atoms with van der Waals surface area (Å²) in [6.07, 6.45) is -1.11. The van der Waals surface area contributed by atoms with Crippen LogP contribution in [0, 0.1) is 11.3 Å². The van der Waals surface area contributed by atoms with Crippen LogP contribution in [0.1, 0.15) is 16.3 Å². The smallest absolute Gasteiger partial charge is 0.243 e. The molecule has 0 unspecified atom stereocenters. The molecule has 2 rings (SSSR count). The van der Waals surface area contributed by atoms with Crippen molar-refractivity contribution in [3.8, 4) is 15.8 Å². The van der Waals surface area contributed by atoms with Crippen LogP contribution in [0.3, 0.4) is 0 Å². The summed E-state index contributed by atoms with van der Waals surface area (Å²) in [5.41, 5.74) is 0. The highest BCUT2D eigenvalue weighted by Crippen LogP contribution is 2.34. The molecule has 0 radical (unpaired) electrons.